The van der Waals surface area contributed by atoms with Crippen LogP contribution in [0.5, 0.6) is 0 Å². The number of halogens is 1. The normalized spacial score (nSPS) is 10.8. The minimum Gasteiger partial charge on any atom is -0.398 e. The summed E-state index contributed by atoms with van der Waals surface area (Å²) in [5.74, 6) is 0. The molecule has 0 spiro atoms. The van der Waals surface area contributed by atoms with Gasteiger partial charge in [0.1, 0.15) is 0 Å². The molecule has 2 aromatic rings. The summed E-state index contributed by atoms with van der Waals surface area (Å²) < 4.78 is 1.84. The van der Waals surface area contributed by atoms with E-state index >= 15 is 0 Å². The smallest absolute Gasteiger partial charge is 0.0702 e. The van der Waals surface area contributed by atoms with Gasteiger partial charge >= 0.3 is 0 Å². The van der Waals surface area contributed by atoms with Gasteiger partial charge in [-0.3, -0.25) is 4.68 Å². The summed E-state index contributed by atoms with van der Waals surface area (Å²) in [7, 11) is 1.93. The predicted octanol–water partition coefficient (Wildman–Crippen LogP) is 3.28. The molecule has 1 aromatic heterocycles. The van der Waals surface area contributed by atoms with E-state index in [-0.39, 0.29) is 0 Å². The Balaban J connectivity index is 2.47. The summed E-state index contributed by atoms with van der Waals surface area (Å²) in [5.41, 5.74) is 9.75. The van der Waals surface area contributed by atoms with Crippen molar-refractivity contribution in [1.82, 2.24) is 9.78 Å². The lowest BCUT2D eigenvalue weighted by Gasteiger charge is -2.04. The molecule has 0 saturated heterocycles. The fraction of sp³-hybridized carbons (Fsp3) is 0.308. The van der Waals surface area contributed by atoms with Crippen LogP contribution in [-0.4, -0.2) is 9.78 Å². The lowest BCUT2D eigenvalue weighted by molar-refractivity contribution is 0.733. The zero-order valence-electron chi connectivity index (χ0n) is 10.1. The van der Waals surface area contributed by atoms with Crippen molar-refractivity contribution in [2.75, 3.05) is 5.73 Å². The van der Waals surface area contributed by atoms with Gasteiger partial charge in [-0.1, -0.05) is 31.0 Å². The highest BCUT2D eigenvalue weighted by Gasteiger charge is 2.10. The van der Waals surface area contributed by atoms with Crippen molar-refractivity contribution in [3.05, 3.63) is 35.1 Å². The van der Waals surface area contributed by atoms with Gasteiger partial charge in [0.05, 0.1) is 16.4 Å². The van der Waals surface area contributed by atoms with Gasteiger partial charge in [-0.15, -0.1) is 0 Å². The molecule has 0 bridgehead atoms. The van der Waals surface area contributed by atoms with Crippen LogP contribution in [0.2, 0.25) is 5.02 Å². The van der Waals surface area contributed by atoms with Crippen LogP contribution >= 0.6 is 11.6 Å². The summed E-state index contributed by atoms with van der Waals surface area (Å²) >= 11 is 5.93. The van der Waals surface area contributed by atoms with Crippen molar-refractivity contribution >= 4 is 17.3 Å². The Bertz CT molecular complexity index is 531. The number of hydrogen-bond acceptors (Lipinski definition) is 2. The maximum Gasteiger partial charge on any atom is 0.0702 e. The Morgan fingerprint density at radius 2 is 2.18 bits per heavy atom. The van der Waals surface area contributed by atoms with Crippen molar-refractivity contribution in [3.8, 4) is 11.1 Å². The standard InChI is InChI=1S/C13H16ClN3/c1-3-4-13-10(8-17(2)16-13)9-5-6-11(14)12(15)7-9/h5-8H,3-4,15H2,1-2H3. The number of nitrogens with zero attached hydrogens (tertiary/aromatic N) is 2. The second kappa shape index (κ2) is 4.80. The van der Waals surface area contributed by atoms with E-state index in [0.717, 1.165) is 29.7 Å². The minimum atomic E-state index is 0.592. The van der Waals surface area contributed by atoms with Crippen LogP contribution in [0.4, 0.5) is 5.69 Å². The number of benzene rings is 1. The molecule has 17 heavy (non-hydrogen) atoms. The molecule has 90 valence electrons. The Labute approximate surface area is 106 Å². The first kappa shape index (κ1) is 12.0. The van der Waals surface area contributed by atoms with E-state index < -0.39 is 0 Å². The van der Waals surface area contributed by atoms with Crippen LogP contribution in [-0.2, 0) is 13.5 Å². The third kappa shape index (κ3) is 2.44. The summed E-state index contributed by atoms with van der Waals surface area (Å²) in [6.07, 6.45) is 4.07. The quantitative estimate of drug-likeness (QED) is 0.849. The van der Waals surface area contributed by atoms with Gasteiger partial charge in [0.25, 0.3) is 0 Å². The molecule has 1 aromatic carbocycles. The van der Waals surface area contributed by atoms with E-state index in [4.69, 9.17) is 17.3 Å². The van der Waals surface area contributed by atoms with Crippen LogP contribution in [0.1, 0.15) is 19.0 Å². The summed E-state index contributed by atoms with van der Waals surface area (Å²) in [5, 5.41) is 5.06. The molecule has 1 heterocycles. The zero-order valence-corrected chi connectivity index (χ0v) is 10.8. The highest BCUT2D eigenvalue weighted by Crippen LogP contribution is 2.29. The topological polar surface area (TPSA) is 43.8 Å². The zero-order chi connectivity index (χ0) is 12.4. The SMILES string of the molecule is CCCc1nn(C)cc1-c1ccc(Cl)c(N)c1. The van der Waals surface area contributed by atoms with Crippen LogP contribution in [0, 0.1) is 0 Å². The lowest BCUT2D eigenvalue weighted by Crippen LogP contribution is -1.91. The fourth-order valence-electron chi connectivity index (χ4n) is 1.91. The van der Waals surface area contributed by atoms with E-state index in [9.17, 15) is 0 Å². The van der Waals surface area contributed by atoms with E-state index in [2.05, 4.69) is 12.0 Å². The fourth-order valence-corrected chi connectivity index (χ4v) is 2.03. The van der Waals surface area contributed by atoms with Gasteiger partial charge in [-0.2, -0.15) is 5.10 Å². The molecule has 0 aliphatic rings. The molecule has 0 radical (unpaired) electrons. The number of nitrogen functional groups attached to an aromatic ring is 1. The molecule has 0 saturated carbocycles. The molecule has 3 nitrogen and oxygen atoms in total. The minimum absolute atomic E-state index is 0.592. The summed E-state index contributed by atoms with van der Waals surface area (Å²) in [6.45, 7) is 2.15. The van der Waals surface area contributed by atoms with Crippen LogP contribution in [0.15, 0.2) is 24.4 Å². The van der Waals surface area contributed by atoms with Gasteiger partial charge in [-0.25, -0.2) is 0 Å². The molecule has 4 heteroatoms. The number of aryl methyl sites for hydroxylation is 2. The highest BCUT2D eigenvalue weighted by molar-refractivity contribution is 6.33. The molecule has 2 N–H and O–H groups in total. The van der Waals surface area contributed by atoms with Gasteiger partial charge < -0.3 is 5.73 Å². The molecule has 0 aliphatic carbocycles. The number of aromatic nitrogens is 2. The molecule has 0 fully saturated rings. The molecular formula is C13H16ClN3. The summed E-state index contributed by atoms with van der Waals surface area (Å²) in [4.78, 5) is 0. The molecule has 0 unspecified atom stereocenters. The molecule has 0 amide bonds. The first-order chi connectivity index (χ1) is 8.11. The van der Waals surface area contributed by atoms with Gasteiger partial charge in [-0.05, 0) is 24.1 Å². The second-order valence-corrected chi connectivity index (χ2v) is 4.56. The van der Waals surface area contributed by atoms with Gasteiger partial charge in [0.2, 0.25) is 0 Å². The Hall–Kier alpha value is -1.48. The first-order valence-electron chi connectivity index (χ1n) is 5.69. The molecular weight excluding hydrogens is 234 g/mol. The lowest BCUT2D eigenvalue weighted by atomic mass is 10.0. The average Bonchev–Trinajstić information content (AvgIpc) is 2.64. The Morgan fingerprint density at radius 3 is 2.82 bits per heavy atom. The Morgan fingerprint density at radius 1 is 1.41 bits per heavy atom. The maximum absolute atomic E-state index is 5.93. The summed E-state index contributed by atoms with van der Waals surface area (Å²) in [6, 6.07) is 5.71. The second-order valence-electron chi connectivity index (χ2n) is 4.15. The van der Waals surface area contributed by atoms with E-state index in [1.807, 2.05) is 36.1 Å². The van der Waals surface area contributed by atoms with Crippen molar-refractivity contribution in [2.45, 2.75) is 19.8 Å². The third-order valence-corrected chi connectivity index (χ3v) is 3.04. The van der Waals surface area contributed by atoms with Crippen molar-refractivity contribution in [1.29, 1.82) is 0 Å². The number of rotatable bonds is 3. The largest absolute Gasteiger partial charge is 0.398 e. The van der Waals surface area contributed by atoms with Crippen LogP contribution < -0.4 is 5.73 Å². The number of hydrogen-bond donors (Lipinski definition) is 1. The van der Waals surface area contributed by atoms with Gasteiger partial charge in [0, 0.05) is 18.8 Å². The third-order valence-electron chi connectivity index (χ3n) is 2.70. The molecule has 0 atom stereocenters. The predicted molar refractivity (Wildman–Crippen MR) is 72.1 cm³/mol. The molecule has 2 rings (SSSR count). The van der Waals surface area contributed by atoms with Crippen LogP contribution in [0.3, 0.4) is 0 Å². The van der Waals surface area contributed by atoms with Crippen molar-refractivity contribution < 1.29 is 0 Å². The first-order valence-corrected chi connectivity index (χ1v) is 6.07. The monoisotopic (exact) mass is 249 g/mol. The van der Waals surface area contributed by atoms with E-state index in [0.29, 0.717) is 10.7 Å². The van der Waals surface area contributed by atoms with Crippen LogP contribution in [0.25, 0.3) is 11.1 Å². The van der Waals surface area contributed by atoms with E-state index in [1.165, 1.54) is 0 Å². The van der Waals surface area contributed by atoms with Crippen molar-refractivity contribution in [3.63, 3.8) is 0 Å². The van der Waals surface area contributed by atoms with Gasteiger partial charge in [0.15, 0.2) is 0 Å². The average molecular weight is 250 g/mol. The highest BCUT2D eigenvalue weighted by atomic mass is 35.5. The number of anilines is 1. The Kier molecular flexibility index (Phi) is 3.38. The molecule has 0 aliphatic heterocycles. The van der Waals surface area contributed by atoms with Crippen molar-refractivity contribution in [2.24, 2.45) is 7.05 Å². The maximum atomic E-state index is 5.93. The number of nitrogens with two attached hydrogens (primary N) is 1. The van der Waals surface area contributed by atoms with E-state index in [1.54, 1.807) is 0 Å².